The van der Waals surface area contributed by atoms with E-state index in [2.05, 4.69) is 24.5 Å². The second-order valence-corrected chi connectivity index (χ2v) is 6.69. The van der Waals surface area contributed by atoms with Gasteiger partial charge in [0.25, 0.3) is 0 Å². The normalized spacial score (nSPS) is 10.6. The molecule has 0 aliphatic heterocycles. The number of benzene rings is 2. The van der Waals surface area contributed by atoms with Crippen LogP contribution in [0.2, 0.25) is 0 Å². The lowest BCUT2D eigenvalue weighted by atomic mass is 9.97. The fraction of sp³-hybridized carbons (Fsp3) is 0.364. The molecule has 5 heteroatoms. The summed E-state index contributed by atoms with van der Waals surface area (Å²) in [5, 5.41) is 15.1. The minimum atomic E-state index is -0.180. The van der Waals surface area contributed by atoms with Crippen LogP contribution in [0.4, 0.5) is 11.4 Å². The van der Waals surface area contributed by atoms with Crippen molar-refractivity contribution in [2.75, 3.05) is 10.6 Å². The van der Waals surface area contributed by atoms with Gasteiger partial charge >= 0.3 is 0 Å². The van der Waals surface area contributed by atoms with Crippen LogP contribution in [-0.2, 0) is 16.0 Å². The van der Waals surface area contributed by atoms with Crippen molar-refractivity contribution in [1.82, 2.24) is 0 Å². The van der Waals surface area contributed by atoms with Gasteiger partial charge < -0.3 is 15.7 Å². The Bertz CT molecular complexity index is 750. The van der Waals surface area contributed by atoms with Crippen LogP contribution in [0.5, 0.6) is 5.75 Å². The van der Waals surface area contributed by atoms with Crippen molar-refractivity contribution < 1.29 is 14.7 Å². The summed E-state index contributed by atoms with van der Waals surface area (Å²) in [7, 11) is 0. The van der Waals surface area contributed by atoms with Crippen LogP contribution in [0.25, 0.3) is 0 Å². The Hall–Kier alpha value is -2.82. The smallest absolute Gasteiger partial charge is 0.228 e. The molecule has 0 fully saturated rings. The van der Waals surface area contributed by atoms with Gasteiger partial charge in [0.1, 0.15) is 5.75 Å². The quantitative estimate of drug-likeness (QED) is 0.560. The van der Waals surface area contributed by atoms with E-state index in [0.29, 0.717) is 11.4 Å². The third-order valence-electron chi connectivity index (χ3n) is 4.42. The number of phenolic OH excluding ortho intramolecular Hbond substituents is 1. The Balaban J connectivity index is 2.04. The number of amides is 2. The summed E-state index contributed by atoms with van der Waals surface area (Å²) >= 11 is 0. The van der Waals surface area contributed by atoms with E-state index in [1.165, 1.54) is 12.1 Å². The minimum Gasteiger partial charge on any atom is -0.508 e. The van der Waals surface area contributed by atoms with Crippen LogP contribution >= 0.6 is 0 Å². The zero-order valence-electron chi connectivity index (χ0n) is 16.0. The Morgan fingerprint density at radius 1 is 0.926 bits per heavy atom. The highest BCUT2D eigenvalue weighted by Gasteiger charge is 2.18. The first-order chi connectivity index (χ1) is 13.0. The summed E-state index contributed by atoms with van der Waals surface area (Å²) in [6.07, 6.45) is 3.82. The molecule has 2 aromatic rings. The predicted molar refractivity (Wildman–Crippen MR) is 109 cm³/mol. The maximum Gasteiger partial charge on any atom is 0.228 e. The van der Waals surface area contributed by atoms with E-state index in [1.54, 1.807) is 12.1 Å². The van der Waals surface area contributed by atoms with Crippen molar-refractivity contribution in [1.29, 1.82) is 0 Å². The van der Waals surface area contributed by atoms with Gasteiger partial charge in [0, 0.05) is 17.3 Å². The molecule has 3 N–H and O–H groups in total. The monoisotopic (exact) mass is 368 g/mol. The third kappa shape index (κ3) is 6.44. The predicted octanol–water partition coefficient (Wildman–Crippen LogP) is 4.73. The van der Waals surface area contributed by atoms with E-state index in [0.717, 1.165) is 31.2 Å². The first-order valence-corrected chi connectivity index (χ1v) is 9.51. The van der Waals surface area contributed by atoms with Gasteiger partial charge in [-0.2, -0.15) is 0 Å². The van der Waals surface area contributed by atoms with Crippen LogP contribution in [0.15, 0.2) is 48.5 Å². The number of nitrogens with one attached hydrogen (secondary N) is 2. The minimum absolute atomic E-state index is 0.00104. The molecule has 5 nitrogen and oxygen atoms in total. The number of carbonyl (C=O) groups excluding carboxylic acids is 2. The topological polar surface area (TPSA) is 78.4 Å². The van der Waals surface area contributed by atoms with Gasteiger partial charge in [-0.25, -0.2) is 0 Å². The number of hydrogen-bond donors (Lipinski definition) is 3. The average molecular weight is 368 g/mol. The van der Waals surface area contributed by atoms with Crippen LogP contribution in [0.3, 0.4) is 0 Å². The number of para-hydroxylation sites is 1. The van der Waals surface area contributed by atoms with Crippen LogP contribution in [0.1, 0.15) is 45.1 Å². The van der Waals surface area contributed by atoms with E-state index < -0.39 is 0 Å². The lowest BCUT2D eigenvalue weighted by Gasteiger charge is -2.17. The highest BCUT2D eigenvalue weighted by molar-refractivity contribution is 5.96. The molecule has 0 heterocycles. The van der Waals surface area contributed by atoms with Gasteiger partial charge in [0.05, 0.1) is 6.42 Å². The van der Waals surface area contributed by atoms with Crippen LogP contribution in [-0.4, -0.2) is 16.9 Å². The van der Waals surface area contributed by atoms with Gasteiger partial charge in [-0.15, -0.1) is 0 Å². The number of hydrogen-bond acceptors (Lipinski definition) is 3. The zero-order chi connectivity index (χ0) is 19.6. The number of aromatic hydroxyl groups is 1. The molecule has 144 valence electrons. The fourth-order valence-corrected chi connectivity index (χ4v) is 3.06. The van der Waals surface area contributed by atoms with Crippen molar-refractivity contribution in [2.45, 2.75) is 46.0 Å². The fourth-order valence-electron chi connectivity index (χ4n) is 3.06. The molecule has 27 heavy (non-hydrogen) atoms. The summed E-state index contributed by atoms with van der Waals surface area (Å²) in [6, 6.07) is 13.7. The van der Waals surface area contributed by atoms with Crippen molar-refractivity contribution in [2.24, 2.45) is 5.92 Å². The number of phenols is 1. The van der Waals surface area contributed by atoms with E-state index in [1.807, 2.05) is 24.3 Å². The number of carbonyl (C=O) groups is 2. The summed E-state index contributed by atoms with van der Waals surface area (Å²) in [6.45, 7) is 4.16. The first-order valence-electron chi connectivity index (χ1n) is 9.51. The van der Waals surface area contributed by atoms with Crippen molar-refractivity contribution in [3.05, 3.63) is 54.1 Å². The van der Waals surface area contributed by atoms with Crippen LogP contribution in [0, 0.1) is 5.92 Å². The molecule has 0 bridgehead atoms. The maximum absolute atomic E-state index is 12.6. The summed E-state index contributed by atoms with van der Waals surface area (Å²) < 4.78 is 0. The molecule has 0 unspecified atom stereocenters. The molecule has 2 rings (SSSR count). The molecule has 0 saturated heterocycles. The second kappa shape index (κ2) is 10.4. The van der Waals surface area contributed by atoms with Gasteiger partial charge in [0.15, 0.2) is 0 Å². The molecule has 2 aromatic carbocycles. The average Bonchev–Trinajstić information content (AvgIpc) is 2.65. The van der Waals surface area contributed by atoms with E-state index >= 15 is 0 Å². The summed E-state index contributed by atoms with van der Waals surface area (Å²) in [4.78, 5) is 25.0. The van der Waals surface area contributed by atoms with Crippen molar-refractivity contribution in [3.8, 4) is 5.75 Å². The molecule has 2 amide bonds. The highest BCUT2D eigenvalue weighted by atomic mass is 16.3. The van der Waals surface area contributed by atoms with Crippen molar-refractivity contribution in [3.63, 3.8) is 0 Å². The van der Waals surface area contributed by atoms with E-state index in [-0.39, 0.29) is 29.9 Å². The van der Waals surface area contributed by atoms with Gasteiger partial charge in [0.2, 0.25) is 11.8 Å². The molecular formula is C22H28N2O3. The summed E-state index contributed by atoms with van der Waals surface area (Å²) in [5.41, 5.74) is 2.07. The number of rotatable bonds is 9. The number of anilines is 2. The molecule has 0 saturated carbocycles. The standard InChI is InChI=1S/C22H28N2O3/c1-3-7-16(8-4-2)22(27)24-20-10-6-5-9-17(20)15-21(26)23-18-11-13-19(25)14-12-18/h5-6,9-14,16,25H,3-4,7-8,15H2,1-2H3,(H,23,26)(H,24,27). The van der Waals surface area contributed by atoms with Gasteiger partial charge in [-0.05, 0) is 48.7 Å². The molecular weight excluding hydrogens is 340 g/mol. The van der Waals surface area contributed by atoms with Gasteiger partial charge in [-0.1, -0.05) is 44.9 Å². The molecule has 0 aromatic heterocycles. The van der Waals surface area contributed by atoms with Gasteiger partial charge in [-0.3, -0.25) is 9.59 Å². The second-order valence-electron chi connectivity index (χ2n) is 6.69. The molecule has 0 radical (unpaired) electrons. The SMILES string of the molecule is CCCC(CCC)C(=O)Nc1ccccc1CC(=O)Nc1ccc(O)cc1. The zero-order valence-corrected chi connectivity index (χ0v) is 16.0. The van der Waals surface area contributed by atoms with Crippen molar-refractivity contribution >= 4 is 23.2 Å². The maximum atomic E-state index is 12.6. The Labute approximate surface area is 160 Å². The Kier molecular flexibility index (Phi) is 7.86. The molecule has 0 aliphatic rings. The first kappa shape index (κ1) is 20.5. The summed E-state index contributed by atoms with van der Waals surface area (Å²) in [5.74, 6) is -0.0141. The van der Waals surface area contributed by atoms with Crippen LogP contribution < -0.4 is 10.6 Å². The lowest BCUT2D eigenvalue weighted by Crippen LogP contribution is -2.24. The largest absolute Gasteiger partial charge is 0.508 e. The molecule has 0 spiro atoms. The third-order valence-corrected chi connectivity index (χ3v) is 4.42. The highest BCUT2D eigenvalue weighted by Crippen LogP contribution is 2.21. The molecule has 0 aliphatic carbocycles. The Morgan fingerprint density at radius 2 is 1.56 bits per heavy atom. The lowest BCUT2D eigenvalue weighted by molar-refractivity contribution is -0.120. The molecule has 0 atom stereocenters. The Morgan fingerprint density at radius 3 is 2.19 bits per heavy atom. The van der Waals surface area contributed by atoms with E-state index in [9.17, 15) is 14.7 Å². The van der Waals surface area contributed by atoms with E-state index in [4.69, 9.17) is 0 Å².